The number of fused-ring (bicyclic) bond motifs is 1. The van der Waals surface area contributed by atoms with Gasteiger partial charge in [-0.05, 0) is 57.4 Å². The summed E-state index contributed by atoms with van der Waals surface area (Å²) in [5.74, 6) is 2.64. The minimum absolute atomic E-state index is 0.122. The van der Waals surface area contributed by atoms with Gasteiger partial charge in [0, 0.05) is 43.5 Å². The van der Waals surface area contributed by atoms with Gasteiger partial charge in [0.2, 0.25) is 5.95 Å². The standard InChI is InChI=1S/C25H30N8O2/c1-5-35-20-12-17(23-32-28-15-33(23)3)7-8-19(20)30-24-26-13-18-11-16(2)29-22(21(18)31-24)27-14-25(34-4)9-6-10-25/h7-8,11-13,15H,5-6,9-10,14H2,1-4H3,(H,27,29)(H,26,30,31). The van der Waals surface area contributed by atoms with Gasteiger partial charge in [-0.2, -0.15) is 0 Å². The predicted octanol–water partition coefficient (Wildman–Crippen LogP) is 4.25. The molecule has 10 heteroatoms. The Hall–Kier alpha value is -3.79. The molecule has 1 fully saturated rings. The van der Waals surface area contributed by atoms with Gasteiger partial charge in [0.1, 0.15) is 17.6 Å². The SMILES string of the molecule is CCOc1cc(-c2nncn2C)ccc1Nc1ncc2cc(C)nc(NCC3(OC)CCC3)c2n1. The maximum Gasteiger partial charge on any atom is 0.227 e. The van der Waals surface area contributed by atoms with Gasteiger partial charge in [0.15, 0.2) is 11.6 Å². The van der Waals surface area contributed by atoms with E-state index in [-0.39, 0.29) is 5.60 Å². The molecule has 0 saturated heterocycles. The smallest absolute Gasteiger partial charge is 0.227 e. The zero-order valence-corrected chi connectivity index (χ0v) is 20.5. The number of nitrogens with zero attached hydrogens (tertiary/aromatic N) is 6. The lowest BCUT2D eigenvalue weighted by atomic mass is 9.80. The summed E-state index contributed by atoms with van der Waals surface area (Å²) in [6.07, 6.45) is 6.77. The summed E-state index contributed by atoms with van der Waals surface area (Å²) in [6, 6.07) is 7.84. The van der Waals surface area contributed by atoms with Gasteiger partial charge < -0.3 is 24.7 Å². The quantitative estimate of drug-likeness (QED) is 0.367. The Bertz CT molecular complexity index is 1340. The first-order valence-corrected chi connectivity index (χ1v) is 11.8. The van der Waals surface area contributed by atoms with Crippen LogP contribution >= 0.6 is 0 Å². The lowest BCUT2D eigenvalue weighted by molar-refractivity contribution is -0.0601. The topological polar surface area (TPSA) is 112 Å². The molecule has 0 bridgehead atoms. The van der Waals surface area contributed by atoms with Gasteiger partial charge in [-0.25, -0.2) is 15.0 Å². The first-order valence-electron chi connectivity index (χ1n) is 11.8. The predicted molar refractivity (Wildman–Crippen MR) is 135 cm³/mol. The van der Waals surface area contributed by atoms with Gasteiger partial charge >= 0.3 is 0 Å². The van der Waals surface area contributed by atoms with Crippen molar-refractivity contribution in [3.8, 4) is 17.1 Å². The average Bonchev–Trinajstić information content (AvgIpc) is 3.26. The number of benzene rings is 1. The number of methoxy groups -OCH3 is 1. The highest BCUT2D eigenvalue weighted by molar-refractivity contribution is 5.89. The summed E-state index contributed by atoms with van der Waals surface area (Å²) < 4.78 is 13.5. The number of hydrogen-bond donors (Lipinski definition) is 2. The molecule has 5 rings (SSSR count). The van der Waals surface area contributed by atoms with Crippen LogP contribution in [0.15, 0.2) is 36.8 Å². The number of aromatic nitrogens is 6. The van der Waals surface area contributed by atoms with Crippen molar-refractivity contribution < 1.29 is 9.47 Å². The van der Waals surface area contributed by atoms with Crippen LogP contribution < -0.4 is 15.4 Å². The number of anilines is 3. The first-order chi connectivity index (χ1) is 17.0. The molecule has 0 unspecified atom stereocenters. The van der Waals surface area contributed by atoms with Crippen molar-refractivity contribution in [3.63, 3.8) is 0 Å². The van der Waals surface area contributed by atoms with E-state index < -0.39 is 0 Å². The Labute approximate surface area is 204 Å². The van der Waals surface area contributed by atoms with Gasteiger partial charge in [0.05, 0.1) is 17.9 Å². The summed E-state index contributed by atoms with van der Waals surface area (Å²) in [7, 11) is 3.68. The molecule has 1 saturated carbocycles. The molecule has 4 aromatic rings. The Morgan fingerprint density at radius 3 is 2.71 bits per heavy atom. The monoisotopic (exact) mass is 474 g/mol. The lowest BCUT2D eigenvalue weighted by Gasteiger charge is -2.40. The van der Waals surface area contributed by atoms with Crippen molar-refractivity contribution >= 4 is 28.4 Å². The summed E-state index contributed by atoms with van der Waals surface area (Å²) in [5.41, 5.74) is 3.21. The van der Waals surface area contributed by atoms with Crippen LogP contribution in [0.3, 0.4) is 0 Å². The maximum absolute atomic E-state index is 5.91. The second-order valence-corrected chi connectivity index (χ2v) is 8.87. The molecule has 0 amide bonds. The fraction of sp³-hybridized carbons (Fsp3) is 0.400. The fourth-order valence-electron chi connectivity index (χ4n) is 4.33. The van der Waals surface area contributed by atoms with Crippen LogP contribution in [0.2, 0.25) is 0 Å². The van der Waals surface area contributed by atoms with Crippen LogP contribution in [0.25, 0.3) is 22.3 Å². The van der Waals surface area contributed by atoms with Crippen molar-refractivity contribution in [1.29, 1.82) is 0 Å². The highest BCUT2D eigenvalue weighted by atomic mass is 16.5. The molecule has 0 spiro atoms. The molecule has 0 aliphatic heterocycles. The average molecular weight is 475 g/mol. The minimum atomic E-state index is -0.122. The van der Waals surface area contributed by atoms with Crippen molar-refractivity contribution in [2.45, 2.75) is 38.7 Å². The Morgan fingerprint density at radius 2 is 2.03 bits per heavy atom. The number of hydrogen-bond acceptors (Lipinski definition) is 9. The molecule has 0 radical (unpaired) electrons. The third-order valence-corrected chi connectivity index (χ3v) is 6.47. The summed E-state index contributed by atoms with van der Waals surface area (Å²) in [4.78, 5) is 14.1. The van der Waals surface area contributed by atoms with Crippen LogP contribution in [0, 0.1) is 6.92 Å². The second kappa shape index (κ2) is 9.46. The third kappa shape index (κ3) is 4.61. The number of ether oxygens (including phenoxy) is 2. The number of pyridine rings is 1. The molecule has 182 valence electrons. The molecule has 0 atom stereocenters. The van der Waals surface area contributed by atoms with E-state index in [0.29, 0.717) is 24.8 Å². The zero-order valence-electron chi connectivity index (χ0n) is 20.5. The molecule has 35 heavy (non-hydrogen) atoms. The molecule has 1 aliphatic rings. The fourth-order valence-corrected chi connectivity index (χ4v) is 4.33. The third-order valence-electron chi connectivity index (χ3n) is 6.47. The highest BCUT2D eigenvalue weighted by Gasteiger charge is 2.37. The van der Waals surface area contributed by atoms with Gasteiger partial charge in [-0.3, -0.25) is 0 Å². The molecule has 3 aromatic heterocycles. The van der Waals surface area contributed by atoms with Gasteiger partial charge in [0.25, 0.3) is 0 Å². The largest absolute Gasteiger partial charge is 0.492 e. The summed E-state index contributed by atoms with van der Waals surface area (Å²) in [5, 5.41) is 15.9. The highest BCUT2D eigenvalue weighted by Crippen LogP contribution is 2.36. The maximum atomic E-state index is 5.91. The van der Waals surface area contributed by atoms with Crippen LogP contribution in [-0.2, 0) is 11.8 Å². The van der Waals surface area contributed by atoms with Gasteiger partial charge in [-0.15, -0.1) is 10.2 Å². The van der Waals surface area contributed by atoms with E-state index in [0.717, 1.165) is 52.3 Å². The number of nitrogens with one attached hydrogen (secondary N) is 2. The van der Waals surface area contributed by atoms with Crippen LogP contribution in [0.1, 0.15) is 31.9 Å². The molecule has 3 heterocycles. The van der Waals surface area contributed by atoms with Crippen molar-refractivity contribution in [2.24, 2.45) is 7.05 Å². The Balaban J connectivity index is 1.45. The molecule has 2 N–H and O–H groups in total. The normalized spacial score (nSPS) is 14.5. The van der Waals surface area contributed by atoms with Gasteiger partial charge in [-0.1, -0.05) is 0 Å². The first kappa shape index (κ1) is 23.0. The molecule has 1 aliphatic carbocycles. The van der Waals surface area contributed by atoms with Crippen molar-refractivity contribution in [3.05, 3.63) is 42.5 Å². The van der Waals surface area contributed by atoms with E-state index >= 15 is 0 Å². The van der Waals surface area contributed by atoms with E-state index in [1.54, 1.807) is 13.4 Å². The van der Waals surface area contributed by atoms with E-state index in [2.05, 4.69) is 25.8 Å². The Morgan fingerprint density at radius 1 is 1.17 bits per heavy atom. The Kier molecular flexibility index (Phi) is 6.21. The van der Waals surface area contributed by atoms with E-state index in [1.807, 2.05) is 55.9 Å². The minimum Gasteiger partial charge on any atom is -0.492 e. The van der Waals surface area contributed by atoms with Crippen molar-refractivity contribution in [2.75, 3.05) is 30.9 Å². The van der Waals surface area contributed by atoms with Crippen molar-refractivity contribution in [1.82, 2.24) is 29.7 Å². The van der Waals surface area contributed by atoms with Crippen LogP contribution in [0.4, 0.5) is 17.5 Å². The van der Waals surface area contributed by atoms with Crippen LogP contribution in [0.5, 0.6) is 5.75 Å². The molecular weight excluding hydrogens is 444 g/mol. The number of rotatable bonds is 9. The van der Waals surface area contributed by atoms with E-state index in [4.69, 9.17) is 19.4 Å². The van der Waals surface area contributed by atoms with Crippen LogP contribution in [-0.4, -0.2) is 55.6 Å². The van der Waals surface area contributed by atoms with E-state index in [9.17, 15) is 0 Å². The molecule has 10 nitrogen and oxygen atoms in total. The number of aryl methyl sites for hydroxylation is 2. The summed E-state index contributed by atoms with van der Waals surface area (Å²) >= 11 is 0. The zero-order chi connectivity index (χ0) is 24.4. The molecule has 1 aromatic carbocycles. The second-order valence-electron chi connectivity index (χ2n) is 8.87. The lowest BCUT2D eigenvalue weighted by Crippen LogP contribution is -2.45. The molecular formula is C25H30N8O2. The van der Waals surface area contributed by atoms with E-state index in [1.165, 1.54) is 6.42 Å². The summed E-state index contributed by atoms with van der Waals surface area (Å²) in [6.45, 7) is 5.14.